The molecule has 0 fully saturated rings. The summed E-state index contributed by atoms with van der Waals surface area (Å²) in [6, 6.07) is 4.33. The van der Waals surface area contributed by atoms with Gasteiger partial charge in [0.25, 0.3) is 12.0 Å². The molecule has 1 N–H and O–H groups in total. The van der Waals surface area contributed by atoms with E-state index in [0.29, 0.717) is 0 Å². The monoisotopic (exact) mass is 262 g/mol. The first-order valence-corrected chi connectivity index (χ1v) is 4.92. The van der Waals surface area contributed by atoms with E-state index in [-0.39, 0.29) is 10.7 Å². The SMILES string of the molecule is O=c1cc(C(F)F)[nH]n1-c1ccc(Cl)c(F)c1. The highest BCUT2D eigenvalue weighted by atomic mass is 35.5. The smallest absolute Gasteiger partial charge is 0.279 e. The van der Waals surface area contributed by atoms with Gasteiger partial charge in [0.2, 0.25) is 0 Å². The number of alkyl halides is 2. The molecule has 0 atom stereocenters. The topological polar surface area (TPSA) is 37.8 Å². The minimum absolute atomic E-state index is 0.101. The first kappa shape index (κ1) is 11.8. The van der Waals surface area contributed by atoms with Crippen molar-refractivity contribution in [3.8, 4) is 5.69 Å². The van der Waals surface area contributed by atoms with Crippen LogP contribution in [0.25, 0.3) is 5.69 Å². The fraction of sp³-hybridized carbons (Fsp3) is 0.100. The summed E-state index contributed by atoms with van der Waals surface area (Å²) in [7, 11) is 0. The Morgan fingerprint density at radius 2 is 2.00 bits per heavy atom. The Kier molecular flexibility index (Phi) is 2.97. The maximum absolute atomic E-state index is 13.2. The molecule has 1 heterocycles. The van der Waals surface area contributed by atoms with Crippen LogP contribution in [0.15, 0.2) is 29.1 Å². The van der Waals surface area contributed by atoms with Gasteiger partial charge < -0.3 is 0 Å². The Balaban J connectivity index is 2.53. The minimum Gasteiger partial charge on any atom is -0.289 e. The van der Waals surface area contributed by atoms with Gasteiger partial charge in [0, 0.05) is 12.1 Å². The highest BCUT2D eigenvalue weighted by Gasteiger charge is 2.13. The first-order valence-electron chi connectivity index (χ1n) is 4.54. The fourth-order valence-electron chi connectivity index (χ4n) is 1.34. The van der Waals surface area contributed by atoms with Gasteiger partial charge in [0.1, 0.15) is 11.5 Å². The van der Waals surface area contributed by atoms with Crippen LogP contribution in [0, 0.1) is 5.82 Å². The van der Waals surface area contributed by atoms with E-state index in [4.69, 9.17) is 11.6 Å². The van der Waals surface area contributed by atoms with Crippen molar-refractivity contribution in [2.75, 3.05) is 0 Å². The van der Waals surface area contributed by atoms with Gasteiger partial charge in [-0.2, -0.15) is 0 Å². The van der Waals surface area contributed by atoms with Crippen LogP contribution in [0.5, 0.6) is 0 Å². The summed E-state index contributed by atoms with van der Waals surface area (Å²) in [5, 5.41) is 2.08. The van der Waals surface area contributed by atoms with Crippen LogP contribution in [0.1, 0.15) is 12.1 Å². The number of rotatable bonds is 2. The van der Waals surface area contributed by atoms with Crippen LogP contribution in [-0.4, -0.2) is 9.78 Å². The van der Waals surface area contributed by atoms with Crippen LogP contribution >= 0.6 is 11.6 Å². The Morgan fingerprint density at radius 1 is 1.29 bits per heavy atom. The van der Waals surface area contributed by atoms with Crippen LogP contribution in [0.3, 0.4) is 0 Å². The number of halogens is 4. The lowest BCUT2D eigenvalue weighted by Gasteiger charge is -2.03. The molecule has 1 aromatic heterocycles. The highest BCUT2D eigenvalue weighted by molar-refractivity contribution is 6.30. The van der Waals surface area contributed by atoms with Crippen molar-refractivity contribution in [1.29, 1.82) is 0 Å². The van der Waals surface area contributed by atoms with Gasteiger partial charge in [-0.1, -0.05) is 11.6 Å². The molecule has 0 saturated carbocycles. The summed E-state index contributed by atoms with van der Waals surface area (Å²) < 4.78 is 38.7. The zero-order valence-corrected chi connectivity index (χ0v) is 9.01. The van der Waals surface area contributed by atoms with Crippen molar-refractivity contribution >= 4 is 11.6 Å². The van der Waals surface area contributed by atoms with Gasteiger partial charge in [-0.05, 0) is 12.1 Å². The van der Waals surface area contributed by atoms with E-state index in [1.165, 1.54) is 12.1 Å². The third-order valence-corrected chi connectivity index (χ3v) is 2.44. The molecule has 0 aliphatic heterocycles. The van der Waals surface area contributed by atoms with Crippen molar-refractivity contribution in [3.05, 3.63) is 51.2 Å². The Bertz CT molecular complexity index is 606. The number of hydrogen-bond donors (Lipinski definition) is 1. The maximum atomic E-state index is 13.2. The summed E-state index contributed by atoms with van der Waals surface area (Å²) in [4.78, 5) is 11.4. The number of nitrogens with zero attached hydrogens (tertiary/aromatic N) is 1. The second kappa shape index (κ2) is 4.29. The lowest BCUT2D eigenvalue weighted by atomic mass is 10.3. The van der Waals surface area contributed by atoms with Crippen LogP contribution in [0.2, 0.25) is 5.02 Å². The van der Waals surface area contributed by atoms with Crippen molar-refractivity contribution < 1.29 is 13.2 Å². The Labute approximate surface area is 98.4 Å². The normalized spacial score (nSPS) is 11.1. The molecule has 0 bridgehead atoms. The summed E-state index contributed by atoms with van der Waals surface area (Å²) in [5.74, 6) is -0.732. The van der Waals surface area contributed by atoms with Crippen molar-refractivity contribution in [2.24, 2.45) is 0 Å². The van der Waals surface area contributed by atoms with Crippen molar-refractivity contribution in [3.63, 3.8) is 0 Å². The fourth-order valence-corrected chi connectivity index (χ4v) is 1.46. The van der Waals surface area contributed by atoms with Gasteiger partial charge in [-0.3, -0.25) is 9.89 Å². The molecule has 0 amide bonds. The number of nitrogens with one attached hydrogen (secondary N) is 1. The molecule has 0 radical (unpaired) electrons. The van der Waals surface area contributed by atoms with Crippen molar-refractivity contribution in [2.45, 2.75) is 6.43 Å². The van der Waals surface area contributed by atoms with E-state index in [1.54, 1.807) is 0 Å². The largest absolute Gasteiger partial charge is 0.289 e. The summed E-state index contributed by atoms with van der Waals surface area (Å²) in [6.07, 6.45) is -2.79. The van der Waals surface area contributed by atoms with E-state index in [9.17, 15) is 18.0 Å². The molecule has 0 aliphatic rings. The number of hydrogen-bond acceptors (Lipinski definition) is 1. The second-order valence-corrected chi connectivity index (χ2v) is 3.69. The van der Waals surface area contributed by atoms with Gasteiger partial charge in [0.05, 0.1) is 10.7 Å². The molecule has 2 aromatic rings. The molecule has 1 aromatic carbocycles. The maximum Gasteiger partial charge on any atom is 0.279 e. The van der Waals surface area contributed by atoms with Gasteiger partial charge in [-0.25, -0.2) is 17.9 Å². The number of H-pyrrole nitrogens is 1. The number of aromatic amines is 1. The quantitative estimate of drug-likeness (QED) is 0.888. The van der Waals surface area contributed by atoms with Crippen LogP contribution < -0.4 is 5.56 Å². The zero-order chi connectivity index (χ0) is 12.6. The van der Waals surface area contributed by atoms with E-state index in [0.717, 1.165) is 16.8 Å². The van der Waals surface area contributed by atoms with Crippen LogP contribution in [-0.2, 0) is 0 Å². The lowest BCUT2D eigenvalue weighted by Crippen LogP contribution is -2.13. The van der Waals surface area contributed by atoms with E-state index < -0.39 is 23.5 Å². The highest BCUT2D eigenvalue weighted by Crippen LogP contribution is 2.19. The van der Waals surface area contributed by atoms with E-state index >= 15 is 0 Å². The standard InChI is InChI=1S/C10H6ClF3N2O/c11-6-2-1-5(3-7(6)12)16-9(17)4-8(15-16)10(13)14/h1-4,10,15H. The molecular formula is C10H6ClF3N2O. The third kappa shape index (κ3) is 2.21. The van der Waals surface area contributed by atoms with E-state index in [1.807, 2.05) is 0 Å². The summed E-state index contributed by atoms with van der Waals surface area (Å²) in [5.41, 5.74) is -1.11. The molecule has 0 unspecified atom stereocenters. The minimum atomic E-state index is -2.79. The summed E-state index contributed by atoms with van der Waals surface area (Å²) >= 11 is 5.47. The third-order valence-electron chi connectivity index (χ3n) is 2.14. The van der Waals surface area contributed by atoms with Gasteiger partial charge >= 0.3 is 0 Å². The van der Waals surface area contributed by atoms with Gasteiger partial charge in [0.15, 0.2) is 0 Å². The molecule has 3 nitrogen and oxygen atoms in total. The molecule has 2 rings (SSSR count). The average Bonchev–Trinajstić information content (AvgIpc) is 2.65. The average molecular weight is 263 g/mol. The molecule has 0 aliphatic carbocycles. The molecule has 0 saturated heterocycles. The molecule has 17 heavy (non-hydrogen) atoms. The summed E-state index contributed by atoms with van der Waals surface area (Å²) in [6.45, 7) is 0. The number of aromatic nitrogens is 2. The van der Waals surface area contributed by atoms with Crippen molar-refractivity contribution in [1.82, 2.24) is 9.78 Å². The molecule has 0 spiro atoms. The Hall–Kier alpha value is -1.69. The first-order chi connectivity index (χ1) is 7.99. The molecular weight excluding hydrogens is 257 g/mol. The molecule has 7 heteroatoms. The Morgan fingerprint density at radius 3 is 2.53 bits per heavy atom. The van der Waals surface area contributed by atoms with E-state index in [2.05, 4.69) is 5.10 Å². The zero-order valence-electron chi connectivity index (χ0n) is 8.25. The predicted octanol–water partition coefficient (Wildman–Crippen LogP) is 2.90. The van der Waals surface area contributed by atoms with Crippen LogP contribution in [0.4, 0.5) is 13.2 Å². The number of benzene rings is 1. The van der Waals surface area contributed by atoms with Gasteiger partial charge in [-0.15, -0.1) is 0 Å². The lowest BCUT2D eigenvalue weighted by molar-refractivity contribution is 0.145. The molecule has 90 valence electrons. The predicted molar refractivity (Wildman–Crippen MR) is 56.3 cm³/mol. The second-order valence-electron chi connectivity index (χ2n) is 3.28.